The van der Waals surface area contributed by atoms with Crippen molar-refractivity contribution in [3.8, 4) is 0 Å². The molecule has 39 heavy (non-hydrogen) atoms. The molecule has 0 saturated carbocycles. The maximum atomic E-state index is 12.2. The molecule has 1 atom stereocenters. The number of hydrogen-bond acceptors (Lipinski definition) is 6. The van der Waals surface area contributed by atoms with Gasteiger partial charge in [-0.05, 0) is 37.0 Å². The molecule has 0 aliphatic heterocycles. The Bertz CT molecular complexity index is 1390. The lowest BCUT2D eigenvalue weighted by Gasteiger charge is -2.39. The molecule has 1 N–H and O–H groups in total. The van der Waals surface area contributed by atoms with Crippen molar-refractivity contribution in [1.82, 2.24) is 19.5 Å². The summed E-state index contributed by atoms with van der Waals surface area (Å²) in [7, 11) is 0. The van der Waals surface area contributed by atoms with Crippen LogP contribution in [0, 0.1) is 0 Å². The summed E-state index contributed by atoms with van der Waals surface area (Å²) in [6.07, 6.45) is 3.57. The SMILES string of the molecule is CCN(CC)c1ncnc2c1ncn2C(O)(CC)COC(c1ccccc1)(c1ccccc1)c1ccccc1. The standard InChI is InChI=1S/C32H35N5O2/c1-4-31(38,37-24-35-28-29(36(5-2)6-3)33-23-34-30(28)37)22-39-32(25-16-10-7-11-17-25,26-18-12-8-13-19-26)27-20-14-9-15-21-27/h7-21,23-24,38H,4-6,22H2,1-3H3. The molecule has 0 aliphatic rings. The maximum absolute atomic E-state index is 12.2. The Hall–Kier alpha value is -4.07. The summed E-state index contributed by atoms with van der Waals surface area (Å²) in [5, 5.41) is 12.2. The van der Waals surface area contributed by atoms with Crippen LogP contribution in [-0.4, -0.2) is 44.3 Å². The van der Waals surface area contributed by atoms with E-state index in [1.165, 1.54) is 6.33 Å². The van der Waals surface area contributed by atoms with E-state index in [0.717, 1.165) is 35.6 Å². The van der Waals surface area contributed by atoms with Gasteiger partial charge in [0.1, 0.15) is 11.9 Å². The first-order valence-corrected chi connectivity index (χ1v) is 13.5. The van der Waals surface area contributed by atoms with Gasteiger partial charge in [-0.3, -0.25) is 4.57 Å². The fraction of sp³-hybridized carbons (Fsp3) is 0.281. The van der Waals surface area contributed by atoms with Gasteiger partial charge in [0.25, 0.3) is 0 Å². The van der Waals surface area contributed by atoms with E-state index in [0.29, 0.717) is 17.6 Å². The third-order valence-corrected chi connectivity index (χ3v) is 7.45. The Morgan fingerprint density at radius 3 is 1.72 bits per heavy atom. The molecular formula is C32H35N5O2. The highest BCUT2D eigenvalue weighted by Crippen LogP contribution is 2.42. The first-order valence-electron chi connectivity index (χ1n) is 13.5. The lowest BCUT2D eigenvalue weighted by atomic mass is 9.80. The molecule has 5 rings (SSSR count). The average molecular weight is 522 g/mol. The monoisotopic (exact) mass is 521 g/mol. The van der Waals surface area contributed by atoms with Crippen molar-refractivity contribution in [3.05, 3.63) is 120 Å². The molecule has 0 fully saturated rings. The maximum Gasteiger partial charge on any atom is 0.167 e. The lowest BCUT2D eigenvalue weighted by Crippen LogP contribution is -2.43. The fourth-order valence-electron chi connectivity index (χ4n) is 5.22. The molecule has 1 unspecified atom stereocenters. The summed E-state index contributed by atoms with van der Waals surface area (Å²) in [5.41, 5.74) is 1.79. The minimum atomic E-state index is -1.41. The van der Waals surface area contributed by atoms with E-state index in [1.807, 2.05) is 61.5 Å². The molecule has 0 amide bonds. The Balaban J connectivity index is 1.63. The van der Waals surface area contributed by atoms with Crippen molar-refractivity contribution in [2.24, 2.45) is 0 Å². The number of fused-ring (bicyclic) bond motifs is 1. The summed E-state index contributed by atoms with van der Waals surface area (Å²) < 4.78 is 8.71. The molecule has 0 bridgehead atoms. The molecule has 2 aromatic heterocycles. The van der Waals surface area contributed by atoms with Gasteiger partial charge in [-0.1, -0.05) is 97.9 Å². The van der Waals surface area contributed by atoms with Gasteiger partial charge in [0, 0.05) is 13.1 Å². The van der Waals surface area contributed by atoms with Gasteiger partial charge >= 0.3 is 0 Å². The molecule has 0 aliphatic carbocycles. The molecule has 2 heterocycles. The number of imidazole rings is 1. The first-order chi connectivity index (χ1) is 19.1. The quantitative estimate of drug-likeness (QED) is 0.224. The minimum Gasteiger partial charge on any atom is -0.368 e. The van der Waals surface area contributed by atoms with Crippen LogP contribution in [0.3, 0.4) is 0 Å². The van der Waals surface area contributed by atoms with Gasteiger partial charge in [0.05, 0.1) is 12.9 Å². The number of nitrogens with zero attached hydrogens (tertiary/aromatic N) is 5. The summed E-state index contributed by atoms with van der Waals surface area (Å²) in [4.78, 5) is 15.8. The van der Waals surface area contributed by atoms with Crippen LogP contribution in [-0.2, 0) is 16.1 Å². The second-order valence-corrected chi connectivity index (χ2v) is 9.56. The zero-order valence-electron chi connectivity index (χ0n) is 22.7. The number of ether oxygens (including phenoxy) is 1. The van der Waals surface area contributed by atoms with Crippen molar-refractivity contribution >= 4 is 17.0 Å². The van der Waals surface area contributed by atoms with Crippen LogP contribution in [0.4, 0.5) is 5.82 Å². The predicted octanol–water partition coefficient (Wildman–Crippen LogP) is 5.74. The van der Waals surface area contributed by atoms with Crippen molar-refractivity contribution in [2.45, 2.75) is 38.5 Å². The summed E-state index contributed by atoms with van der Waals surface area (Å²) in [6.45, 7) is 7.70. The number of anilines is 1. The van der Waals surface area contributed by atoms with E-state index < -0.39 is 11.3 Å². The summed E-state index contributed by atoms with van der Waals surface area (Å²) in [6, 6.07) is 30.5. The Morgan fingerprint density at radius 1 is 0.744 bits per heavy atom. The molecule has 7 heteroatoms. The number of aromatic nitrogens is 4. The normalized spacial score (nSPS) is 13.3. The predicted molar refractivity (Wildman–Crippen MR) is 155 cm³/mol. The topological polar surface area (TPSA) is 76.3 Å². The lowest BCUT2D eigenvalue weighted by molar-refractivity contribution is -0.136. The highest BCUT2D eigenvalue weighted by Gasteiger charge is 2.41. The van der Waals surface area contributed by atoms with Crippen LogP contribution in [0.1, 0.15) is 43.9 Å². The van der Waals surface area contributed by atoms with E-state index in [1.54, 1.807) is 10.9 Å². The average Bonchev–Trinajstić information content (AvgIpc) is 3.45. The number of benzene rings is 3. The van der Waals surface area contributed by atoms with E-state index in [4.69, 9.17) is 4.74 Å². The van der Waals surface area contributed by atoms with Crippen molar-refractivity contribution < 1.29 is 9.84 Å². The molecule has 3 aromatic carbocycles. The Kier molecular flexibility index (Phi) is 7.72. The number of aliphatic hydroxyl groups is 1. The minimum absolute atomic E-state index is 0.00174. The molecular weight excluding hydrogens is 486 g/mol. The first kappa shape index (κ1) is 26.5. The van der Waals surface area contributed by atoms with Crippen molar-refractivity contribution in [1.29, 1.82) is 0 Å². The van der Waals surface area contributed by atoms with E-state index in [2.05, 4.69) is 70.1 Å². The Morgan fingerprint density at radius 2 is 1.26 bits per heavy atom. The van der Waals surface area contributed by atoms with Crippen LogP contribution in [0.15, 0.2) is 104 Å². The van der Waals surface area contributed by atoms with Crippen LogP contribution >= 0.6 is 0 Å². The molecule has 7 nitrogen and oxygen atoms in total. The summed E-state index contributed by atoms with van der Waals surface area (Å²) >= 11 is 0. The molecule has 0 saturated heterocycles. The van der Waals surface area contributed by atoms with Gasteiger partial charge in [0.2, 0.25) is 0 Å². The van der Waals surface area contributed by atoms with Gasteiger partial charge in [0.15, 0.2) is 22.7 Å². The number of hydrogen-bond donors (Lipinski definition) is 1. The zero-order valence-corrected chi connectivity index (χ0v) is 22.7. The molecule has 0 radical (unpaired) electrons. The highest BCUT2D eigenvalue weighted by molar-refractivity contribution is 5.83. The van der Waals surface area contributed by atoms with E-state index >= 15 is 0 Å². The third kappa shape index (κ3) is 4.80. The third-order valence-electron chi connectivity index (χ3n) is 7.45. The van der Waals surface area contributed by atoms with Crippen LogP contribution in [0.5, 0.6) is 0 Å². The second-order valence-electron chi connectivity index (χ2n) is 9.56. The van der Waals surface area contributed by atoms with Crippen molar-refractivity contribution in [2.75, 3.05) is 24.6 Å². The van der Waals surface area contributed by atoms with Gasteiger partial charge in [-0.15, -0.1) is 0 Å². The second kappa shape index (κ2) is 11.4. The fourth-order valence-corrected chi connectivity index (χ4v) is 5.22. The summed E-state index contributed by atoms with van der Waals surface area (Å²) in [5.74, 6) is 0.760. The molecule has 5 aromatic rings. The number of rotatable bonds is 11. The van der Waals surface area contributed by atoms with E-state index in [-0.39, 0.29) is 6.61 Å². The largest absolute Gasteiger partial charge is 0.368 e. The van der Waals surface area contributed by atoms with E-state index in [9.17, 15) is 5.11 Å². The van der Waals surface area contributed by atoms with Crippen LogP contribution in [0.25, 0.3) is 11.2 Å². The van der Waals surface area contributed by atoms with Crippen molar-refractivity contribution in [3.63, 3.8) is 0 Å². The van der Waals surface area contributed by atoms with Crippen LogP contribution < -0.4 is 4.90 Å². The van der Waals surface area contributed by atoms with Crippen LogP contribution in [0.2, 0.25) is 0 Å². The van der Waals surface area contributed by atoms with Gasteiger partial charge < -0.3 is 14.7 Å². The molecule has 0 spiro atoms. The highest BCUT2D eigenvalue weighted by atomic mass is 16.5. The molecule has 200 valence electrons. The van der Waals surface area contributed by atoms with Gasteiger partial charge in [-0.2, -0.15) is 0 Å². The van der Waals surface area contributed by atoms with Gasteiger partial charge in [-0.25, -0.2) is 15.0 Å². The smallest absolute Gasteiger partial charge is 0.167 e. The zero-order chi connectivity index (χ0) is 27.3. The Labute approximate surface area is 229 Å².